The van der Waals surface area contributed by atoms with Gasteiger partial charge < -0.3 is 4.74 Å². The first-order valence-corrected chi connectivity index (χ1v) is 5.05. The smallest absolute Gasteiger partial charge is 0.122 e. The summed E-state index contributed by atoms with van der Waals surface area (Å²) >= 11 is 4.40. The van der Waals surface area contributed by atoms with Crippen LogP contribution in [0.5, 0.6) is 5.75 Å². The topological polar surface area (TPSA) is 9.23 Å². The molecule has 1 nitrogen and oxygen atoms in total. The maximum atomic E-state index is 5.25. The highest BCUT2D eigenvalue weighted by Gasteiger charge is 2.04. The summed E-state index contributed by atoms with van der Waals surface area (Å²) in [5.41, 5.74) is 2.50. The van der Waals surface area contributed by atoms with Crippen LogP contribution in [0.1, 0.15) is 30.2 Å². The van der Waals surface area contributed by atoms with Crippen molar-refractivity contribution in [2.45, 2.75) is 25.5 Å². The Kier molecular flexibility index (Phi) is 3.67. The summed E-state index contributed by atoms with van der Waals surface area (Å²) in [5.74, 6) is 0.972. The van der Waals surface area contributed by atoms with E-state index in [2.05, 4.69) is 38.6 Å². The van der Waals surface area contributed by atoms with Crippen LogP contribution in [0.4, 0.5) is 0 Å². The molecule has 2 heteroatoms. The normalized spacial score (nSPS) is 12.6. The minimum Gasteiger partial charge on any atom is -0.496 e. The Bertz CT molecular complexity index is 281. The van der Waals surface area contributed by atoms with E-state index in [4.69, 9.17) is 4.74 Å². The van der Waals surface area contributed by atoms with Crippen LogP contribution in [0, 0.1) is 0 Å². The summed E-state index contributed by atoms with van der Waals surface area (Å²) in [7, 11) is 1.71. The molecule has 0 bridgehead atoms. The Balaban J connectivity index is 3.05. The molecule has 0 saturated heterocycles. The SMILES string of the molecule is CCc1cc(C(C)S)ccc1OC. The molecular weight excluding hydrogens is 180 g/mol. The van der Waals surface area contributed by atoms with Crippen LogP contribution in [0.3, 0.4) is 0 Å². The number of ether oxygens (including phenoxy) is 1. The molecule has 0 aliphatic rings. The van der Waals surface area contributed by atoms with Crippen LogP contribution in [0.25, 0.3) is 0 Å². The number of rotatable bonds is 3. The van der Waals surface area contributed by atoms with Crippen molar-refractivity contribution < 1.29 is 4.74 Å². The zero-order valence-corrected chi connectivity index (χ0v) is 9.27. The van der Waals surface area contributed by atoms with E-state index < -0.39 is 0 Å². The highest BCUT2D eigenvalue weighted by atomic mass is 32.1. The molecule has 0 amide bonds. The molecule has 0 heterocycles. The van der Waals surface area contributed by atoms with Gasteiger partial charge in [-0.1, -0.05) is 19.1 Å². The van der Waals surface area contributed by atoms with E-state index in [1.807, 2.05) is 6.07 Å². The molecule has 0 aliphatic heterocycles. The Morgan fingerprint density at radius 1 is 1.46 bits per heavy atom. The predicted molar refractivity (Wildman–Crippen MR) is 59.8 cm³/mol. The maximum absolute atomic E-state index is 5.25. The lowest BCUT2D eigenvalue weighted by Crippen LogP contribution is -1.93. The van der Waals surface area contributed by atoms with E-state index in [0.29, 0.717) is 0 Å². The second kappa shape index (κ2) is 4.56. The van der Waals surface area contributed by atoms with Crippen molar-refractivity contribution in [3.8, 4) is 5.75 Å². The second-order valence-electron chi connectivity index (χ2n) is 3.10. The van der Waals surface area contributed by atoms with Gasteiger partial charge in [0.25, 0.3) is 0 Å². The molecule has 1 unspecified atom stereocenters. The minimum absolute atomic E-state index is 0.288. The summed E-state index contributed by atoms with van der Waals surface area (Å²) in [6.45, 7) is 4.20. The summed E-state index contributed by atoms with van der Waals surface area (Å²) in [4.78, 5) is 0. The molecule has 0 aliphatic carbocycles. The summed E-state index contributed by atoms with van der Waals surface area (Å²) in [5, 5.41) is 0.288. The van der Waals surface area contributed by atoms with Crippen LogP contribution in [-0.2, 0) is 6.42 Å². The van der Waals surface area contributed by atoms with Crippen LogP contribution >= 0.6 is 12.6 Å². The van der Waals surface area contributed by atoms with E-state index in [1.54, 1.807) is 7.11 Å². The third-order valence-corrected chi connectivity index (χ3v) is 2.47. The van der Waals surface area contributed by atoms with Crippen LogP contribution in [0.15, 0.2) is 18.2 Å². The third kappa shape index (κ3) is 2.41. The molecule has 1 rings (SSSR count). The lowest BCUT2D eigenvalue weighted by molar-refractivity contribution is 0.410. The maximum Gasteiger partial charge on any atom is 0.122 e. The van der Waals surface area contributed by atoms with E-state index in [9.17, 15) is 0 Å². The van der Waals surface area contributed by atoms with Crippen molar-refractivity contribution in [1.82, 2.24) is 0 Å². The molecule has 0 aromatic heterocycles. The molecule has 72 valence electrons. The van der Waals surface area contributed by atoms with Gasteiger partial charge in [0.2, 0.25) is 0 Å². The lowest BCUT2D eigenvalue weighted by atomic mass is 10.1. The number of aryl methyl sites for hydroxylation is 1. The first-order valence-electron chi connectivity index (χ1n) is 4.54. The van der Waals surface area contributed by atoms with Crippen molar-refractivity contribution in [1.29, 1.82) is 0 Å². The standard InChI is InChI=1S/C11H16OS/c1-4-9-7-10(8(2)13)5-6-11(9)12-3/h5-8,13H,4H2,1-3H3. The van der Waals surface area contributed by atoms with E-state index in [1.165, 1.54) is 11.1 Å². The van der Waals surface area contributed by atoms with Gasteiger partial charge in [-0.25, -0.2) is 0 Å². The van der Waals surface area contributed by atoms with Crippen molar-refractivity contribution in [3.63, 3.8) is 0 Å². The van der Waals surface area contributed by atoms with Crippen LogP contribution < -0.4 is 4.74 Å². The third-order valence-electron chi connectivity index (χ3n) is 2.17. The Morgan fingerprint density at radius 3 is 2.62 bits per heavy atom. The monoisotopic (exact) mass is 196 g/mol. The van der Waals surface area contributed by atoms with Crippen molar-refractivity contribution >= 4 is 12.6 Å². The summed E-state index contributed by atoms with van der Waals surface area (Å²) < 4.78 is 5.25. The molecule has 0 radical (unpaired) electrons. The number of thiol groups is 1. The van der Waals surface area contributed by atoms with Gasteiger partial charge in [0.15, 0.2) is 0 Å². The average Bonchev–Trinajstić information content (AvgIpc) is 2.16. The molecule has 13 heavy (non-hydrogen) atoms. The fraction of sp³-hybridized carbons (Fsp3) is 0.455. The first kappa shape index (κ1) is 10.5. The van der Waals surface area contributed by atoms with Gasteiger partial charge in [-0.05, 0) is 30.5 Å². The van der Waals surface area contributed by atoms with Gasteiger partial charge in [0.05, 0.1) is 7.11 Å². The van der Waals surface area contributed by atoms with Gasteiger partial charge in [-0.15, -0.1) is 0 Å². The molecule has 0 spiro atoms. The highest BCUT2D eigenvalue weighted by molar-refractivity contribution is 7.80. The quantitative estimate of drug-likeness (QED) is 0.730. The average molecular weight is 196 g/mol. The van der Waals surface area contributed by atoms with E-state index in [0.717, 1.165) is 12.2 Å². The zero-order valence-electron chi connectivity index (χ0n) is 8.37. The molecule has 1 aromatic rings. The summed E-state index contributed by atoms with van der Waals surface area (Å²) in [6, 6.07) is 6.24. The molecule has 0 saturated carbocycles. The number of hydrogen-bond acceptors (Lipinski definition) is 2. The van der Waals surface area contributed by atoms with Gasteiger partial charge in [-0.3, -0.25) is 0 Å². The fourth-order valence-corrected chi connectivity index (χ4v) is 1.50. The van der Waals surface area contributed by atoms with E-state index >= 15 is 0 Å². The number of methoxy groups -OCH3 is 1. The molecule has 0 N–H and O–H groups in total. The Morgan fingerprint density at radius 2 is 2.15 bits per heavy atom. The molecular formula is C11H16OS. The Hall–Kier alpha value is -0.630. The minimum atomic E-state index is 0.288. The van der Waals surface area contributed by atoms with Crippen LogP contribution in [-0.4, -0.2) is 7.11 Å². The molecule has 1 atom stereocenters. The second-order valence-corrected chi connectivity index (χ2v) is 3.88. The van der Waals surface area contributed by atoms with Crippen molar-refractivity contribution in [2.24, 2.45) is 0 Å². The molecule has 1 aromatic carbocycles. The summed E-state index contributed by atoms with van der Waals surface area (Å²) in [6.07, 6.45) is 0.998. The lowest BCUT2D eigenvalue weighted by Gasteiger charge is -2.10. The largest absolute Gasteiger partial charge is 0.496 e. The van der Waals surface area contributed by atoms with Gasteiger partial charge in [-0.2, -0.15) is 12.6 Å². The molecule has 0 fully saturated rings. The number of benzene rings is 1. The van der Waals surface area contributed by atoms with E-state index in [-0.39, 0.29) is 5.25 Å². The van der Waals surface area contributed by atoms with Crippen molar-refractivity contribution in [3.05, 3.63) is 29.3 Å². The van der Waals surface area contributed by atoms with Crippen LogP contribution in [0.2, 0.25) is 0 Å². The Labute approximate surface area is 85.5 Å². The fourth-order valence-electron chi connectivity index (χ4n) is 1.33. The number of hydrogen-bond donors (Lipinski definition) is 1. The van der Waals surface area contributed by atoms with Crippen molar-refractivity contribution in [2.75, 3.05) is 7.11 Å². The highest BCUT2D eigenvalue weighted by Crippen LogP contribution is 2.26. The first-order chi connectivity index (χ1) is 6.19. The van der Waals surface area contributed by atoms with Gasteiger partial charge >= 0.3 is 0 Å². The van der Waals surface area contributed by atoms with Gasteiger partial charge in [0, 0.05) is 5.25 Å². The predicted octanol–water partition coefficient (Wildman–Crippen LogP) is 3.25. The zero-order chi connectivity index (χ0) is 9.84. The van der Waals surface area contributed by atoms with Gasteiger partial charge in [0.1, 0.15) is 5.75 Å².